The van der Waals surface area contributed by atoms with Crippen molar-refractivity contribution in [2.75, 3.05) is 13.6 Å². The van der Waals surface area contributed by atoms with Crippen LogP contribution in [0.3, 0.4) is 0 Å². The summed E-state index contributed by atoms with van der Waals surface area (Å²) in [6.45, 7) is 2.78. The minimum Gasteiger partial charge on any atom is -0.331 e. The molecule has 2 heterocycles. The Morgan fingerprint density at radius 2 is 2.00 bits per heavy atom. The largest absolute Gasteiger partial charge is 0.331 e. The molecule has 1 aliphatic heterocycles. The number of nitrogens with one attached hydrogen (secondary N) is 1. The Hall–Kier alpha value is -1.70. The SMILES string of the molecule is CC[C@H]1c2ccsc2CCN1C(=O)c1ccc(S(=O)(=O)NC)cc1. The number of sulfonamides is 1. The average Bonchev–Trinajstić information content (AvgIpc) is 3.09. The molecule has 5 nitrogen and oxygen atoms in total. The number of amides is 1. The smallest absolute Gasteiger partial charge is 0.254 e. The number of nitrogens with zero attached hydrogens (tertiary/aromatic N) is 1. The zero-order valence-electron chi connectivity index (χ0n) is 13.7. The van der Waals surface area contributed by atoms with Crippen LogP contribution in [0.2, 0.25) is 0 Å². The van der Waals surface area contributed by atoms with Crippen LogP contribution in [0.15, 0.2) is 40.6 Å². The van der Waals surface area contributed by atoms with Gasteiger partial charge in [-0.1, -0.05) is 6.92 Å². The second-order valence-electron chi connectivity index (χ2n) is 5.70. The van der Waals surface area contributed by atoms with Gasteiger partial charge in [0, 0.05) is 17.0 Å². The van der Waals surface area contributed by atoms with E-state index in [2.05, 4.69) is 23.1 Å². The highest BCUT2D eigenvalue weighted by molar-refractivity contribution is 7.89. The van der Waals surface area contributed by atoms with Gasteiger partial charge in [-0.2, -0.15) is 0 Å². The number of carbonyl (C=O) groups excluding carboxylic acids is 1. The third kappa shape index (κ3) is 2.99. The first-order valence-corrected chi connectivity index (χ1v) is 10.2. The second-order valence-corrected chi connectivity index (χ2v) is 8.59. The average molecular weight is 364 g/mol. The van der Waals surface area contributed by atoms with Gasteiger partial charge in [0.15, 0.2) is 0 Å². The van der Waals surface area contributed by atoms with E-state index in [0.717, 1.165) is 12.8 Å². The van der Waals surface area contributed by atoms with Crippen LogP contribution in [0.5, 0.6) is 0 Å². The summed E-state index contributed by atoms with van der Waals surface area (Å²) >= 11 is 1.75. The molecule has 1 N–H and O–H groups in total. The van der Waals surface area contributed by atoms with E-state index < -0.39 is 10.0 Å². The molecule has 0 fully saturated rings. The number of hydrogen-bond acceptors (Lipinski definition) is 4. The molecule has 0 saturated heterocycles. The first-order chi connectivity index (χ1) is 11.5. The predicted molar refractivity (Wildman–Crippen MR) is 94.8 cm³/mol. The Kier molecular flexibility index (Phi) is 4.76. The third-order valence-corrected chi connectivity index (χ3v) is 6.85. The lowest BCUT2D eigenvalue weighted by Crippen LogP contribution is -2.39. The highest BCUT2D eigenvalue weighted by Gasteiger charge is 2.30. The van der Waals surface area contributed by atoms with E-state index in [-0.39, 0.29) is 16.8 Å². The number of benzene rings is 1. The molecule has 0 saturated carbocycles. The summed E-state index contributed by atoms with van der Waals surface area (Å²) in [6, 6.07) is 8.31. The number of hydrogen-bond donors (Lipinski definition) is 1. The van der Waals surface area contributed by atoms with Gasteiger partial charge in [-0.15, -0.1) is 11.3 Å². The van der Waals surface area contributed by atoms with E-state index in [1.165, 1.54) is 29.6 Å². The maximum Gasteiger partial charge on any atom is 0.254 e. The van der Waals surface area contributed by atoms with E-state index in [1.54, 1.807) is 23.5 Å². The van der Waals surface area contributed by atoms with Crippen molar-refractivity contribution in [2.45, 2.75) is 30.7 Å². The maximum absolute atomic E-state index is 12.9. The molecule has 7 heteroatoms. The van der Waals surface area contributed by atoms with Crippen molar-refractivity contribution < 1.29 is 13.2 Å². The Morgan fingerprint density at radius 1 is 1.29 bits per heavy atom. The van der Waals surface area contributed by atoms with Crippen LogP contribution in [-0.4, -0.2) is 32.8 Å². The van der Waals surface area contributed by atoms with Crippen molar-refractivity contribution in [1.29, 1.82) is 0 Å². The number of carbonyl (C=O) groups is 1. The lowest BCUT2D eigenvalue weighted by molar-refractivity contribution is 0.0657. The van der Waals surface area contributed by atoms with E-state index in [9.17, 15) is 13.2 Å². The fourth-order valence-electron chi connectivity index (χ4n) is 3.14. The molecule has 0 radical (unpaired) electrons. The molecule has 1 aromatic carbocycles. The molecular weight excluding hydrogens is 344 g/mol. The lowest BCUT2D eigenvalue weighted by atomic mass is 9.97. The molecule has 128 valence electrons. The van der Waals surface area contributed by atoms with Gasteiger partial charge in [-0.25, -0.2) is 13.1 Å². The Morgan fingerprint density at radius 3 is 2.62 bits per heavy atom. The number of thiophene rings is 1. The molecule has 2 aromatic rings. The molecule has 1 aliphatic rings. The fraction of sp³-hybridized carbons (Fsp3) is 0.353. The van der Waals surface area contributed by atoms with Crippen LogP contribution in [0, 0.1) is 0 Å². The van der Waals surface area contributed by atoms with Crippen LogP contribution < -0.4 is 4.72 Å². The summed E-state index contributed by atoms with van der Waals surface area (Å²) in [4.78, 5) is 16.3. The zero-order chi connectivity index (χ0) is 17.3. The van der Waals surface area contributed by atoms with Crippen molar-refractivity contribution in [2.24, 2.45) is 0 Å². The maximum atomic E-state index is 12.9. The summed E-state index contributed by atoms with van der Waals surface area (Å²) in [5, 5.41) is 2.08. The summed E-state index contributed by atoms with van der Waals surface area (Å²) < 4.78 is 25.8. The molecular formula is C17H20N2O3S2. The molecule has 0 aliphatic carbocycles. The van der Waals surface area contributed by atoms with Crippen molar-refractivity contribution in [1.82, 2.24) is 9.62 Å². The molecule has 24 heavy (non-hydrogen) atoms. The van der Waals surface area contributed by atoms with Crippen molar-refractivity contribution >= 4 is 27.3 Å². The molecule has 0 unspecified atom stereocenters. The summed E-state index contributed by atoms with van der Waals surface area (Å²) in [7, 11) is -2.12. The van der Waals surface area contributed by atoms with Gasteiger partial charge in [-0.05, 0) is 61.2 Å². The zero-order valence-corrected chi connectivity index (χ0v) is 15.3. The number of rotatable bonds is 4. The van der Waals surface area contributed by atoms with Gasteiger partial charge in [-0.3, -0.25) is 4.79 Å². The standard InChI is InChI=1S/C17H20N2O3S2/c1-3-15-14-9-11-23-16(14)8-10-19(15)17(20)12-4-6-13(7-5-12)24(21,22)18-2/h4-7,9,11,15,18H,3,8,10H2,1-2H3/t15-/m0/s1. The molecule has 0 bridgehead atoms. The van der Waals surface area contributed by atoms with Crippen molar-refractivity contribution in [3.05, 3.63) is 51.7 Å². The van der Waals surface area contributed by atoms with Crippen LogP contribution in [0.4, 0.5) is 0 Å². The van der Waals surface area contributed by atoms with Crippen LogP contribution in [-0.2, 0) is 16.4 Å². The highest BCUT2D eigenvalue weighted by Crippen LogP contribution is 2.36. The van der Waals surface area contributed by atoms with E-state index in [0.29, 0.717) is 12.1 Å². The summed E-state index contributed by atoms with van der Waals surface area (Å²) in [5.41, 5.74) is 1.76. The first-order valence-electron chi connectivity index (χ1n) is 7.88. The van der Waals surface area contributed by atoms with Crippen LogP contribution in [0.25, 0.3) is 0 Å². The molecule has 1 aromatic heterocycles. The minimum atomic E-state index is -3.49. The first kappa shape index (κ1) is 17.1. The van der Waals surface area contributed by atoms with E-state index >= 15 is 0 Å². The lowest BCUT2D eigenvalue weighted by Gasteiger charge is -2.35. The Bertz CT molecular complexity index is 841. The highest BCUT2D eigenvalue weighted by atomic mass is 32.2. The van der Waals surface area contributed by atoms with Crippen LogP contribution >= 0.6 is 11.3 Å². The topological polar surface area (TPSA) is 66.5 Å². The molecule has 3 rings (SSSR count). The molecule has 0 spiro atoms. The second kappa shape index (κ2) is 6.66. The minimum absolute atomic E-state index is 0.0490. The fourth-order valence-corrected chi connectivity index (χ4v) is 4.80. The van der Waals surface area contributed by atoms with Gasteiger partial charge < -0.3 is 4.90 Å². The van der Waals surface area contributed by atoms with Gasteiger partial charge >= 0.3 is 0 Å². The van der Waals surface area contributed by atoms with E-state index in [1.807, 2.05) is 4.90 Å². The van der Waals surface area contributed by atoms with Gasteiger partial charge in [0.05, 0.1) is 10.9 Å². The quantitative estimate of drug-likeness (QED) is 0.907. The summed E-state index contributed by atoms with van der Waals surface area (Å²) in [5.74, 6) is -0.0490. The molecule has 1 amide bonds. The van der Waals surface area contributed by atoms with Crippen molar-refractivity contribution in [3.63, 3.8) is 0 Å². The Balaban J connectivity index is 1.87. The Labute approximate surface area is 146 Å². The van der Waals surface area contributed by atoms with Gasteiger partial charge in [0.25, 0.3) is 5.91 Å². The molecule has 1 atom stereocenters. The third-order valence-electron chi connectivity index (χ3n) is 4.42. The van der Waals surface area contributed by atoms with Gasteiger partial charge in [0.1, 0.15) is 0 Å². The normalized spacial score (nSPS) is 17.6. The predicted octanol–water partition coefficient (Wildman–Crippen LogP) is 2.81. The monoisotopic (exact) mass is 364 g/mol. The van der Waals surface area contributed by atoms with Crippen LogP contribution in [0.1, 0.15) is 40.2 Å². The van der Waals surface area contributed by atoms with Crippen molar-refractivity contribution in [3.8, 4) is 0 Å². The van der Waals surface area contributed by atoms with E-state index in [4.69, 9.17) is 0 Å². The summed E-state index contributed by atoms with van der Waals surface area (Å²) in [6.07, 6.45) is 1.74. The van der Waals surface area contributed by atoms with Gasteiger partial charge in [0.2, 0.25) is 10.0 Å². The number of fused-ring (bicyclic) bond motifs is 1.